The molecule has 2 N–H and O–H groups in total. The van der Waals surface area contributed by atoms with E-state index in [2.05, 4.69) is 24.3 Å². The third-order valence-electron chi connectivity index (χ3n) is 7.19. The summed E-state index contributed by atoms with van der Waals surface area (Å²) in [7, 11) is 0. The molecule has 0 bridgehead atoms. The number of halogens is 5. The highest BCUT2D eigenvalue weighted by Crippen LogP contribution is 2.37. The second-order valence-corrected chi connectivity index (χ2v) is 9.95. The number of nitrogens with zero attached hydrogens (tertiary/aromatic N) is 6. The molecule has 12 heteroatoms. The van der Waals surface area contributed by atoms with Crippen molar-refractivity contribution >= 4 is 23.2 Å². The van der Waals surface area contributed by atoms with Crippen LogP contribution < -0.4 is 10.6 Å². The molecule has 0 saturated carbocycles. The molecule has 37 heavy (non-hydrogen) atoms. The van der Waals surface area contributed by atoms with Crippen LogP contribution in [0.15, 0.2) is 30.7 Å². The van der Waals surface area contributed by atoms with Crippen molar-refractivity contribution in [2.24, 2.45) is 0 Å². The highest BCUT2D eigenvalue weighted by Gasteiger charge is 2.35. The van der Waals surface area contributed by atoms with Gasteiger partial charge in [-0.15, -0.1) is 0 Å². The van der Waals surface area contributed by atoms with E-state index in [1.54, 1.807) is 6.20 Å². The second-order valence-electron chi connectivity index (χ2n) is 9.58. The van der Waals surface area contributed by atoms with Gasteiger partial charge in [-0.05, 0) is 57.0 Å². The van der Waals surface area contributed by atoms with Crippen LogP contribution in [0.5, 0.6) is 0 Å². The Morgan fingerprint density at radius 2 is 1.76 bits per heavy atom. The van der Waals surface area contributed by atoms with E-state index in [1.807, 2.05) is 0 Å². The number of alkyl halides is 3. The molecule has 2 aromatic heterocycles. The third-order valence-corrected chi connectivity index (χ3v) is 7.55. The van der Waals surface area contributed by atoms with E-state index in [0.29, 0.717) is 36.2 Å². The van der Waals surface area contributed by atoms with E-state index in [4.69, 9.17) is 22.3 Å². The molecule has 2 fully saturated rings. The summed E-state index contributed by atoms with van der Waals surface area (Å²) < 4.78 is 56.0. The van der Waals surface area contributed by atoms with Gasteiger partial charge in [-0.25, -0.2) is 19.3 Å². The summed E-state index contributed by atoms with van der Waals surface area (Å²) in [5, 5.41) is 0.326. The molecule has 198 valence electrons. The zero-order valence-electron chi connectivity index (χ0n) is 20.2. The fourth-order valence-electron chi connectivity index (χ4n) is 5.18. The van der Waals surface area contributed by atoms with E-state index in [-0.39, 0.29) is 17.3 Å². The monoisotopic (exact) mass is 537 g/mol. The van der Waals surface area contributed by atoms with Crippen molar-refractivity contribution in [3.05, 3.63) is 53.0 Å². The van der Waals surface area contributed by atoms with Crippen molar-refractivity contribution in [3.63, 3.8) is 0 Å². The van der Waals surface area contributed by atoms with Gasteiger partial charge in [-0.2, -0.15) is 13.2 Å². The number of likely N-dealkylation sites (tertiary alicyclic amines) is 1. The number of benzene rings is 1. The zero-order chi connectivity index (χ0) is 26.2. The number of aromatic nitrogens is 4. The molecule has 0 spiro atoms. The van der Waals surface area contributed by atoms with E-state index in [9.17, 15) is 17.6 Å². The van der Waals surface area contributed by atoms with E-state index in [0.717, 1.165) is 50.4 Å². The Morgan fingerprint density at radius 1 is 1.03 bits per heavy atom. The van der Waals surface area contributed by atoms with Gasteiger partial charge in [-0.3, -0.25) is 0 Å². The van der Waals surface area contributed by atoms with Crippen molar-refractivity contribution in [1.82, 2.24) is 24.4 Å². The highest BCUT2D eigenvalue weighted by atomic mass is 35.5. The number of hydrogen-bond donors (Lipinski definition) is 1. The predicted octanol–water partition coefficient (Wildman–Crippen LogP) is 5.21. The number of piperidine rings is 1. The molecule has 0 unspecified atom stereocenters. The molecule has 0 radical (unpaired) electrons. The summed E-state index contributed by atoms with van der Waals surface area (Å²) in [6.45, 7) is 4.96. The molecule has 0 aliphatic carbocycles. The maximum absolute atomic E-state index is 13.9. The molecule has 7 nitrogen and oxygen atoms in total. The minimum Gasteiger partial charge on any atom is -0.382 e. The topological polar surface area (TPSA) is 76.1 Å². The lowest BCUT2D eigenvalue weighted by Gasteiger charge is -2.33. The standard InChI is InChI=1S/C25H28ClF4N7/c26-21-22(31)32-15-33-24(21)36-9-5-16(6-10-36)23-34-20(14-37(23)12-11-35-7-1-2-8-35)17-3-4-19(27)18(13-17)25(28,29)30/h3-4,13-16H,1-2,5-12H2,(H2,31,32,33). The van der Waals surface area contributed by atoms with Gasteiger partial charge in [0, 0.05) is 43.9 Å². The van der Waals surface area contributed by atoms with Crippen LogP contribution in [0.3, 0.4) is 0 Å². The zero-order valence-corrected chi connectivity index (χ0v) is 20.9. The number of hydrogen-bond acceptors (Lipinski definition) is 6. The molecule has 0 amide bonds. The number of anilines is 2. The van der Waals surface area contributed by atoms with E-state index >= 15 is 0 Å². The van der Waals surface area contributed by atoms with Crippen LogP contribution in [0.2, 0.25) is 5.02 Å². The van der Waals surface area contributed by atoms with Gasteiger partial charge in [0.1, 0.15) is 28.8 Å². The predicted molar refractivity (Wildman–Crippen MR) is 134 cm³/mol. The molecule has 1 aromatic carbocycles. The van der Waals surface area contributed by atoms with Crippen molar-refractivity contribution < 1.29 is 17.6 Å². The van der Waals surface area contributed by atoms with Crippen molar-refractivity contribution in [2.45, 2.75) is 44.3 Å². The van der Waals surface area contributed by atoms with E-state index in [1.165, 1.54) is 25.2 Å². The van der Waals surface area contributed by atoms with E-state index < -0.39 is 17.6 Å². The van der Waals surface area contributed by atoms with Gasteiger partial charge < -0.3 is 20.1 Å². The van der Waals surface area contributed by atoms with Crippen molar-refractivity contribution in [3.8, 4) is 11.3 Å². The first kappa shape index (κ1) is 25.7. The largest absolute Gasteiger partial charge is 0.419 e. The molecule has 3 aromatic rings. The van der Waals surface area contributed by atoms with Crippen LogP contribution in [-0.4, -0.2) is 57.1 Å². The summed E-state index contributed by atoms with van der Waals surface area (Å²) in [6.07, 6.45) is 2.28. The molecular weight excluding hydrogens is 510 g/mol. The Morgan fingerprint density at radius 3 is 2.46 bits per heavy atom. The second kappa shape index (κ2) is 10.4. The molecule has 2 aliphatic rings. The summed E-state index contributed by atoms with van der Waals surface area (Å²) in [4.78, 5) is 17.4. The highest BCUT2D eigenvalue weighted by molar-refractivity contribution is 6.35. The smallest absolute Gasteiger partial charge is 0.382 e. The lowest BCUT2D eigenvalue weighted by molar-refractivity contribution is -0.139. The minimum absolute atomic E-state index is 0.101. The fourth-order valence-corrected chi connectivity index (χ4v) is 5.39. The molecule has 2 saturated heterocycles. The molecule has 0 atom stereocenters. The Kier molecular flexibility index (Phi) is 7.26. The summed E-state index contributed by atoms with van der Waals surface area (Å²) >= 11 is 6.32. The van der Waals surface area contributed by atoms with Crippen LogP contribution in [0.25, 0.3) is 11.3 Å². The Labute approximate surface area is 217 Å². The summed E-state index contributed by atoms with van der Waals surface area (Å²) in [6, 6.07) is 3.05. The Balaban J connectivity index is 1.40. The van der Waals surface area contributed by atoms with Crippen LogP contribution in [0.1, 0.15) is 43.0 Å². The maximum atomic E-state index is 13.9. The average Bonchev–Trinajstić information content (AvgIpc) is 3.54. The van der Waals surface area contributed by atoms with Crippen LogP contribution in [0, 0.1) is 5.82 Å². The van der Waals surface area contributed by atoms with Gasteiger partial charge in [0.2, 0.25) is 0 Å². The van der Waals surface area contributed by atoms with Gasteiger partial charge in [0.25, 0.3) is 0 Å². The molecule has 2 aliphatic heterocycles. The van der Waals surface area contributed by atoms with Crippen LogP contribution in [-0.2, 0) is 12.7 Å². The molecular formula is C25H28ClF4N7. The van der Waals surface area contributed by atoms with Gasteiger partial charge >= 0.3 is 6.18 Å². The lowest BCUT2D eigenvalue weighted by Crippen LogP contribution is -2.35. The summed E-state index contributed by atoms with van der Waals surface area (Å²) in [5.74, 6) is 0.468. The number of nitrogens with two attached hydrogens (primary N) is 1. The van der Waals surface area contributed by atoms with Gasteiger partial charge in [-0.1, -0.05) is 11.6 Å². The van der Waals surface area contributed by atoms with Crippen LogP contribution >= 0.6 is 11.6 Å². The first-order chi connectivity index (χ1) is 17.7. The first-order valence-corrected chi connectivity index (χ1v) is 12.8. The number of nitrogen functional groups attached to an aromatic ring is 1. The first-order valence-electron chi connectivity index (χ1n) is 12.4. The lowest BCUT2D eigenvalue weighted by atomic mass is 9.96. The van der Waals surface area contributed by atoms with Gasteiger partial charge in [0.05, 0.1) is 11.3 Å². The fraction of sp³-hybridized carbons (Fsp3) is 0.480. The SMILES string of the molecule is Nc1ncnc(N2CCC(c3nc(-c4ccc(F)c(C(F)(F)F)c4)cn3CCN3CCCC3)CC2)c1Cl. The number of rotatable bonds is 6. The quantitative estimate of drug-likeness (QED) is 0.435. The number of imidazole rings is 1. The maximum Gasteiger partial charge on any atom is 0.419 e. The Bertz CT molecular complexity index is 1250. The van der Waals surface area contributed by atoms with Crippen LogP contribution in [0.4, 0.5) is 29.2 Å². The molecule has 4 heterocycles. The Hall–Kier alpha value is -2.92. The van der Waals surface area contributed by atoms with Crippen molar-refractivity contribution in [2.75, 3.05) is 43.4 Å². The average molecular weight is 538 g/mol. The van der Waals surface area contributed by atoms with Crippen molar-refractivity contribution in [1.29, 1.82) is 0 Å². The molecule has 5 rings (SSSR count). The third kappa shape index (κ3) is 5.52. The minimum atomic E-state index is -4.78. The van der Waals surface area contributed by atoms with Gasteiger partial charge in [0.15, 0.2) is 5.82 Å². The summed E-state index contributed by atoms with van der Waals surface area (Å²) in [5.41, 5.74) is 5.21. The normalized spacial score (nSPS) is 17.6.